The number of hydrogen-bond acceptors (Lipinski definition) is 4. The van der Waals surface area contributed by atoms with E-state index in [1.165, 1.54) is 17.3 Å². The lowest BCUT2D eigenvalue weighted by molar-refractivity contribution is 0.204. The normalized spacial score (nSPS) is 20.1. The van der Waals surface area contributed by atoms with Gasteiger partial charge in [-0.1, -0.05) is 30.3 Å². The van der Waals surface area contributed by atoms with Gasteiger partial charge >= 0.3 is 6.03 Å². The van der Waals surface area contributed by atoms with Gasteiger partial charge in [0, 0.05) is 18.3 Å². The number of likely N-dealkylation sites (tertiary alicyclic amines) is 1. The van der Waals surface area contributed by atoms with Gasteiger partial charge in [0.05, 0.1) is 11.7 Å². The smallest absolute Gasteiger partial charge is 0.322 e. The third kappa shape index (κ3) is 3.35. The molecule has 6 heteroatoms. The number of nitrogens with one attached hydrogen (secondary N) is 1. The van der Waals surface area contributed by atoms with Gasteiger partial charge in [0.25, 0.3) is 0 Å². The quantitative estimate of drug-likeness (QED) is 0.769. The van der Waals surface area contributed by atoms with Crippen molar-refractivity contribution in [3.63, 3.8) is 0 Å². The van der Waals surface area contributed by atoms with Crippen LogP contribution in [-0.4, -0.2) is 32.3 Å². The molecule has 2 amide bonds. The molecule has 0 aliphatic carbocycles. The molecule has 2 unspecified atom stereocenters. The van der Waals surface area contributed by atoms with E-state index in [1.807, 2.05) is 29.2 Å². The topological polar surface area (TPSA) is 58.1 Å². The molecule has 0 spiro atoms. The van der Waals surface area contributed by atoms with Crippen LogP contribution in [0.25, 0.3) is 11.0 Å². The summed E-state index contributed by atoms with van der Waals surface area (Å²) in [6, 6.07) is 16.3. The third-order valence-electron chi connectivity index (χ3n) is 5.02. The van der Waals surface area contributed by atoms with E-state index in [4.69, 9.17) is 0 Å². The van der Waals surface area contributed by atoms with Gasteiger partial charge in [-0.05, 0) is 49.4 Å². The van der Waals surface area contributed by atoms with Crippen molar-refractivity contribution >= 4 is 34.5 Å². The predicted molar refractivity (Wildman–Crippen MR) is 101 cm³/mol. The predicted octanol–water partition coefficient (Wildman–Crippen LogP) is 4.18. The first-order valence-electron chi connectivity index (χ1n) is 8.54. The summed E-state index contributed by atoms with van der Waals surface area (Å²) in [5, 5.41) is 3.00. The summed E-state index contributed by atoms with van der Waals surface area (Å²) in [5.41, 5.74) is 3.78. The molecule has 0 saturated carbocycles. The second-order valence-electron chi connectivity index (χ2n) is 6.57. The minimum absolute atomic E-state index is 0.0365. The molecule has 0 bridgehead atoms. The van der Waals surface area contributed by atoms with Crippen molar-refractivity contribution in [3.05, 3.63) is 54.1 Å². The molecule has 1 aromatic heterocycles. The Kier molecular flexibility index (Phi) is 4.36. The molecule has 0 radical (unpaired) electrons. The molecular weight excluding hydrogens is 332 g/mol. The first kappa shape index (κ1) is 16.0. The summed E-state index contributed by atoms with van der Waals surface area (Å²) < 4.78 is 8.41. The largest absolute Gasteiger partial charge is 0.322 e. The van der Waals surface area contributed by atoms with Crippen molar-refractivity contribution in [2.45, 2.75) is 25.8 Å². The number of carbonyl (C=O) groups excluding carboxylic acids is 1. The molecular formula is C19H20N4OS. The van der Waals surface area contributed by atoms with E-state index in [-0.39, 0.29) is 12.1 Å². The summed E-state index contributed by atoms with van der Waals surface area (Å²) in [7, 11) is 0. The molecule has 128 valence electrons. The van der Waals surface area contributed by atoms with Crippen LogP contribution in [0.2, 0.25) is 0 Å². The summed E-state index contributed by atoms with van der Waals surface area (Å²) in [6.45, 7) is 2.94. The highest BCUT2D eigenvalue weighted by Gasteiger charge is 2.33. The van der Waals surface area contributed by atoms with Crippen molar-refractivity contribution < 1.29 is 4.79 Å². The fraction of sp³-hybridized carbons (Fsp3) is 0.316. The van der Waals surface area contributed by atoms with Crippen LogP contribution in [0.1, 0.15) is 18.9 Å². The number of carbonyl (C=O) groups is 1. The van der Waals surface area contributed by atoms with E-state index < -0.39 is 0 Å². The Morgan fingerprint density at radius 2 is 2.00 bits per heavy atom. The van der Waals surface area contributed by atoms with Crippen LogP contribution in [-0.2, 0) is 6.42 Å². The van der Waals surface area contributed by atoms with Gasteiger partial charge in [0.2, 0.25) is 0 Å². The zero-order chi connectivity index (χ0) is 17.2. The van der Waals surface area contributed by atoms with E-state index in [0.29, 0.717) is 5.92 Å². The maximum absolute atomic E-state index is 12.7. The highest BCUT2D eigenvalue weighted by atomic mass is 32.1. The van der Waals surface area contributed by atoms with Gasteiger partial charge in [-0.25, -0.2) is 4.79 Å². The number of urea groups is 1. The third-order valence-corrected chi connectivity index (χ3v) is 5.58. The Bertz CT molecular complexity index is 879. The van der Waals surface area contributed by atoms with Crippen molar-refractivity contribution in [1.29, 1.82) is 0 Å². The highest BCUT2D eigenvalue weighted by molar-refractivity contribution is 7.00. The number of fused-ring (bicyclic) bond motifs is 1. The fourth-order valence-electron chi connectivity index (χ4n) is 3.54. The van der Waals surface area contributed by atoms with E-state index in [1.54, 1.807) is 0 Å². The molecule has 2 aromatic carbocycles. The fourth-order valence-corrected chi connectivity index (χ4v) is 4.05. The van der Waals surface area contributed by atoms with Crippen LogP contribution in [0.15, 0.2) is 48.5 Å². The van der Waals surface area contributed by atoms with Crippen LogP contribution in [0.5, 0.6) is 0 Å². The van der Waals surface area contributed by atoms with Gasteiger partial charge in [-0.15, -0.1) is 0 Å². The van der Waals surface area contributed by atoms with Gasteiger partial charge in [0.1, 0.15) is 11.0 Å². The molecule has 1 N–H and O–H groups in total. The number of benzene rings is 2. The molecule has 5 nitrogen and oxygen atoms in total. The van der Waals surface area contributed by atoms with Gasteiger partial charge in [-0.2, -0.15) is 8.75 Å². The van der Waals surface area contributed by atoms with E-state index in [9.17, 15) is 4.79 Å². The van der Waals surface area contributed by atoms with Gasteiger partial charge in [-0.3, -0.25) is 0 Å². The molecule has 1 aliphatic rings. The number of rotatable bonds is 3. The van der Waals surface area contributed by atoms with Crippen molar-refractivity contribution in [2.75, 3.05) is 11.9 Å². The number of nitrogens with zero attached hydrogens (tertiary/aromatic N) is 3. The maximum atomic E-state index is 12.7. The Morgan fingerprint density at radius 3 is 2.84 bits per heavy atom. The van der Waals surface area contributed by atoms with Crippen molar-refractivity contribution in [2.24, 2.45) is 5.92 Å². The van der Waals surface area contributed by atoms with Crippen molar-refractivity contribution in [3.8, 4) is 0 Å². The lowest BCUT2D eigenvalue weighted by atomic mass is 9.93. The number of hydrogen-bond donors (Lipinski definition) is 1. The average molecular weight is 352 g/mol. The Hall–Kier alpha value is -2.47. The lowest BCUT2D eigenvalue weighted by Gasteiger charge is -2.25. The molecule has 25 heavy (non-hydrogen) atoms. The van der Waals surface area contributed by atoms with Crippen LogP contribution in [0, 0.1) is 5.92 Å². The molecule has 4 rings (SSSR count). The molecule has 1 fully saturated rings. The van der Waals surface area contributed by atoms with Gasteiger partial charge in [0.15, 0.2) is 0 Å². The maximum Gasteiger partial charge on any atom is 0.322 e. The number of anilines is 1. The molecule has 2 atom stereocenters. The highest BCUT2D eigenvalue weighted by Crippen LogP contribution is 2.28. The molecule has 2 heterocycles. The summed E-state index contributed by atoms with van der Waals surface area (Å²) >= 11 is 1.18. The van der Waals surface area contributed by atoms with Crippen LogP contribution in [0.4, 0.5) is 10.5 Å². The van der Waals surface area contributed by atoms with Crippen LogP contribution < -0.4 is 5.32 Å². The summed E-state index contributed by atoms with van der Waals surface area (Å²) in [4.78, 5) is 14.6. The SMILES string of the molecule is CC1C(Cc2ccccc2)CCN1C(=O)Nc1ccc2nsnc2c1. The van der Waals surface area contributed by atoms with Crippen LogP contribution >= 0.6 is 11.7 Å². The average Bonchev–Trinajstić information content (AvgIpc) is 3.23. The van der Waals surface area contributed by atoms with E-state index >= 15 is 0 Å². The second kappa shape index (κ2) is 6.80. The molecule has 1 saturated heterocycles. The minimum atomic E-state index is -0.0365. The first-order chi connectivity index (χ1) is 12.2. The standard InChI is InChI=1S/C19H20N4OS/c1-13-15(11-14-5-3-2-4-6-14)9-10-23(13)19(24)20-16-7-8-17-18(12-16)22-25-21-17/h2-8,12-13,15H,9-11H2,1H3,(H,20,24). The van der Waals surface area contributed by atoms with E-state index in [2.05, 4.69) is 45.3 Å². The first-order valence-corrected chi connectivity index (χ1v) is 9.27. The van der Waals surface area contributed by atoms with Gasteiger partial charge < -0.3 is 10.2 Å². The zero-order valence-electron chi connectivity index (χ0n) is 14.1. The Morgan fingerprint density at radius 1 is 1.20 bits per heavy atom. The second-order valence-corrected chi connectivity index (χ2v) is 7.10. The van der Waals surface area contributed by atoms with E-state index in [0.717, 1.165) is 36.1 Å². The number of aromatic nitrogens is 2. The van der Waals surface area contributed by atoms with Crippen LogP contribution in [0.3, 0.4) is 0 Å². The summed E-state index contributed by atoms with van der Waals surface area (Å²) in [5.74, 6) is 0.498. The molecule has 3 aromatic rings. The Labute approximate surface area is 151 Å². The zero-order valence-corrected chi connectivity index (χ0v) is 14.9. The summed E-state index contributed by atoms with van der Waals surface area (Å²) in [6.07, 6.45) is 2.06. The van der Waals surface area contributed by atoms with Crippen molar-refractivity contribution in [1.82, 2.24) is 13.6 Å². The minimum Gasteiger partial charge on any atom is -0.322 e. The molecule has 1 aliphatic heterocycles. The Balaban J connectivity index is 1.42. The lowest BCUT2D eigenvalue weighted by Crippen LogP contribution is -2.39. The monoisotopic (exact) mass is 352 g/mol. The number of amides is 2.